The smallest absolute Gasteiger partial charge is 0.296 e. The minimum absolute atomic E-state index is 0.0567. The molecule has 1 aliphatic rings. The number of carbonyl (C=O) groups is 1. The van der Waals surface area contributed by atoms with Crippen LogP contribution < -0.4 is 10.1 Å². The monoisotopic (exact) mass is 482 g/mol. The fourth-order valence-electron chi connectivity index (χ4n) is 3.82. The molecule has 1 amide bonds. The fraction of sp³-hybridized carbons (Fsp3) is 0.333. The molecule has 1 saturated heterocycles. The summed E-state index contributed by atoms with van der Waals surface area (Å²) in [5, 5.41) is 14.8. The van der Waals surface area contributed by atoms with Crippen LogP contribution in [0.15, 0.2) is 59.9 Å². The molecule has 0 spiro atoms. The van der Waals surface area contributed by atoms with Crippen LogP contribution in [0.2, 0.25) is 0 Å². The molecular formula is C24H26N4O5S. The molecule has 2 aromatic carbocycles. The van der Waals surface area contributed by atoms with Gasteiger partial charge in [0.2, 0.25) is 5.91 Å². The highest BCUT2D eigenvalue weighted by Crippen LogP contribution is 2.31. The van der Waals surface area contributed by atoms with Gasteiger partial charge < -0.3 is 19.4 Å². The van der Waals surface area contributed by atoms with Crippen LogP contribution >= 0.6 is 11.8 Å². The van der Waals surface area contributed by atoms with Crippen molar-refractivity contribution in [3.05, 3.63) is 64.8 Å². The molecule has 0 bridgehead atoms. The second-order valence-electron chi connectivity index (χ2n) is 7.74. The van der Waals surface area contributed by atoms with Gasteiger partial charge in [-0.05, 0) is 37.5 Å². The van der Waals surface area contributed by atoms with Crippen molar-refractivity contribution >= 4 is 29.0 Å². The standard InChI is InChI=1S/C24H26N4O5S/c1-2-32-18-10-11-20(21(13-18)28(30)31)26-23(29)16-34-24-25-14-22(17-7-4-3-5-8-17)27(24)15-19-9-6-12-33-19/h3-5,7-8,10-11,13-14,19H,2,6,9,12,15-16H2,1H3,(H,26,29). The zero-order valence-electron chi connectivity index (χ0n) is 18.8. The Hall–Kier alpha value is -3.37. The molecule has 1 aliphatic heterocycles. The van der Waals surface area contributed by atoms with Gasteiger partial charge in [-0.2, -0.15) is 0 Å². The number of hydrogen-bond donors (Lipinski definition) is 1. The van der Waals surface area contributed by atoms with Crippen molar-refractivity contribution in [1.82, 2.24) is 9.55 Å². The molecule has 1 atom stereocenters. The lowest BCUT2D eigenvalue weighted by atomic mass is 10.1. The summed E-state index contributed by atoms with van der Waals surface area (Å²) in [6.07, 6.45) is 3.93. The molecule has 0 radical (unpaired) electrons. The molecule has 1 unspecified atom stereocenters. The summed E-state index contributed by atoms with van der Waals surface area (Å²) in [6, 6.07) is 14.4. The second-order valence-corrected chi connectivity index (χ2v) is 8.69. The Bertz CT molecular complexity index is 1150. The summed E-state index contributed by atoms with van der Waals surface area (Å²) in [5.74, 6) is 0.0811. The van der Waals surface area contributed by atoms with Crippen LogP contribution in [-0.2, 0) is 16.1 Å². The third-order valence-electron chi connectivity index (χ3n) is 5.38. The number of benzene rings is 2. The SMILES string of the molecule is CCOc1ccc(NC(=O)CSc2ncc(-c3ccccc3)n2CC2CCCO2)c([N+](=O)[O-])c1. The first-order valence-electron chi connectivity index (χ1n) is 11.1. The van der Waals surface area contributed by atoms with E-state index in [0.29, 0.717) is 24.1 Å². The normalized spacial score (nSPS) is 15.3. The van der Waals surface area contributed by atoms with Crippen molar-refractivity contribution in [2.45, 2.75) is 37.6 Å². The van der Waals surface area contributed by atoms with Crippen LogP contribution in [0.5, 0.6) is 5.75 Å². The highest BCUT2D eigenvalue weighted by atomic mass is 32.2. The van der Waals surface area contributed by atoms with Gasteiger partial charge in [0.1, 0.15) is 11.4 Å². The van der Waals surface area contributed by atoms with Crippen LogP contribution in [0.25, 0.3) is 11.3 Å². The maximum absolute atomic E-state index is 12.7. The Kier molecular flexibility index (Phi) is 7.81. The highest BCUT2D eigenvalue weighted by molar-refractivity contribution is 7.99. The molecule has 1 N–H and O–H groups in total. The van der Waals surface area contributed by atoms with Crippen LogP contribution in [0.4, 0.5) is 11.4 Å². The molecule has 3 aromatic rings. The average molecular weight is 483 g/mol. The Morgan fingerprint density at radius 2 is 2.15 bits per heavy atom. The van der Waals surface area contributed by atoms with Crippen molar-refractivity contribution in [2.75, 3.05) is 24.3 Å². The Balaban J connectivity index is 1.48. The molecule has 9 nitrogen and oxygen atoms in total. The molecule has 0 saturated carbocycles. The molecule has 10 heteroatoms. The van der Waals surface area contributed by atoms with Gasteiger partial charge in [-0.15, -0.1) is 0 Å². The van der Waals surface area contributed by atoms with E-state index in [1.165, 1.54) is 23.9 Å². The lowest BCUT2D eigenvalue weighted by molar-refractivity contribution is -0.384. The summed E-state index contributed by atoms with van der Waals surface area (Å²) < 4.78 is 13.2. The first kappa shape index (κ1) is 23.8. The van der Waals surface area contributed by atoms with Gasteiger partial charge in [0.15, 0.2) is 5.16 Å². The number of aromatic nitrogens is 2. The molecule has 2 heterocycles. The third kappa shape index (κ3) is 5.75. The van der Waals surface area contributed by atoms with E-state index in [1.54, 1.807) is 13.0 Å². The zero-order chi connectivity index (χ0) is 23.9. The summed E-state index contributed by atoms with van der Waals surface area (Å²) in [7, 11) is 0. The Morgan fingerprint density at radius 3 is 2.85 bits per heavy atom. The number of hydrogen-bond acceptors (Lipinski definition) is 7. The van der Waals surface area contributed by atoms with E-state index in [9.17, 15) is 14.9 Å². The maximum Gasteiger partial charge on any atom is 0.296 e. The van der Waals surface area contributed by atoms with Gasteiger partial charge in [0.25, 0.3) is 5.69 Å². The van der Waals surface area contributed by atoms with Crippen molar-refractivity contribution in [2.24, 2.45) is 0 Å². The van der Waals surface area contributed by atoms with Gasteiger partial charge in [-0.3, -0.25) is 14.9 Å². The van der Waals surface area contributed by atoms with E-state index in [1.807, 2.05) is 36.5 Å². The van der Waals surface area contributed by atoms with Crippen LogP contribution in [0.3, 0.4) is 0 Å². The average Bonchev–Trinajstić information content (AvgIpc) is 3.50. The number of nitro groups is 1. The molecule has 178 valence electrons. The van der Waals surface area contributed by atoms with E-state index >= 15 is 0 Å². The fourth-order valence-corrected chi connectivity index (χ4v) is 4.61. The predicted octanol–water partition coefficient (Wildman–Crippen LogP) is 4.77. The second kappa shape index (κ2) is 11.2. The number of thioether (sulfide) groups is 1. The van der Waals surface area contributed by atoms with Crippen LogP contribution in [0, 0.1) is 10.1 Å². The molecule has 0 aliphatic carbocycles. The number of amides is 1. The molecular weight excluding hydrogens is 456 g/mol. The number of carbonyl (C=O) groups excluding carboxylic acids is 1. The number of nitrogens with zero attached hydrogens (tertiary/aromatic N) is 3. The topological polar surface area (TPSA) is 109 Å². The number of nitrogens with one attached hydrogen (secondary N) is 1. The summed E-state index contributed by atoms with van der Waals surface area (Å²) in [6.45, 7) is 3.60. The van der Waals surface area contributed by atoms with Crippen molar-refractivity contribution in [3.63, 3.8) is 0 Å². The van der Waals surface area contributed by atoms with Crippen molar-refractivity contribution in [1.29, 1.82) is 0 Å². The lowest BCUT2D eigenvalue weighted by Gasteiger charge is -2.16. The van der Waals surface area contributed by atoms with E-state index in [0.717, 1.165) is 30.7 Å². The molecule has 1 fully saturated rings. The third-order valence-corrected chi connectivity index (χ3v) is 6.37. The van der Waals surface area contributed by atoms with E-state index in [2.05, 4.69) is 14.9 Å². The van der Waals surface area contributed by atoms with Gasteiger partial charge in [0.05, 0.1) is 47.9 Å². The summed E-state index contributed by atoms with van der Waals surface area (Å²) >= 11 is 1.29. The number of imidazole rings is 1. The molecule has 34 heavy (non-hydrogen) atoms. The van der Waals surface area contributed by atoms with Crippen molar-refractivity contribution < 1.29 is 19.2 Å². The van der Waals surface area contributed by atoms with Gasteiger partial charge >= 0.3 is 0 Å². The number of anilines is 1. The predicted molar refractivity (Wildman–Crippen MR) is 130 cm³/mol. The van der Waals surface area contributed by atoms with E-state index in [-0.39, 0.29) is 29.1 Å². The van der Waals surface area contributed by atoms with Crippen molar-refractivity contribution in [3.8, 4) is 17.0 Å². The lowest BCUT2D eigenvalue weighted by Crippen LogP contribution is -2.18. The Labute approximate surface area is 201 Å². The first-order valence-corrected chi connectivity index (χ1v) is 12.1. The number of ether oxygens (including phenoxy) is 2. The number of nitro benzene ring substituents is 1. The van der Waals surface area contributed by atoms with Gasteiger partial charge in [-0.1, -0.05) is 42.1 Å². The van der Waals surface area contributed by atoms with Crippen LogP contribution in [0.1, 0.15) is 19.8 Å². The highest BCUT2D eigenvalue weighted by Gasteiger charge is 2.22. The molecule has 1 aromatic heterocycles. The minimum Gasteiger partial charge on any atom is -0.494 e. The summed E-state index contributed by atoms with van der Waals surface area (Å²) in [4.78, 5) is 28.1. The zero-order valence-corrected chi connectivity index (χ0v) is 19.6. The summed E-state index contributed by atoms with van der Waals surface area (Å²) in [5.41, 5.74) is 1.91. The van der Waals surface area contributed by atoms with Gasteiger partial charge in [0, 0.05) is 6.61 Å². The van der Waals surface area contributed by atoms with E-state index in [4.69, 9.17) is 9.47 Å². The van der Waals surface area contributed by atoms with Crippen LogP contribution in [-0.4, -0.2) is 45.5 Å². The molecule has 4 rings (SSSR count). The minimum atomic E-state index is -0.536. The largest absolute Gasteiger partial charge is 0.494 e. The van der Waals surface area contributed by atoms with E-state index < -0.39 is 4.92 Å². The number of rotatable bonds is 10. The first-order chi connectivity index (χ1) is 16.5. The quantitative estimate of drug-likeness (QED) is 0.252. The van der Waals surface area contributed by atoms with Gasteiger partial charge in [-0.25, -0.2) is 4.98 Å². The maximum atomic E-state index is 12.7. The Morgan fingerprint density at radius 1 is 1.32 bits per heavy atom.